The van der Waals surface area contributed by atoms with Crippen molar-refractivity contribution in [3.8, 4) is 0 Å². The predicted molar refractivity (Wildman–Crippen MR) is 115 cm³/mol. The average molecular weight is 546 g/mol. The molecule has 16 nitrogen and oxygen atoms in total. The smallest absolute Gasteiger partial charge is 0.394 e. The Balaban J connectivity index is 1.49. The summed E-state index contributed by atoms with van der Waals surface area (Å²) >= 11 is 0. The van der Waals surface area contributed by atoms with E-state index in [-0.39, 0.29) is 12.8 Å². The molecule has 6 aliphatic rings. The van der Waals surface area contributed by atoms with Crippen molar-refractivity contribution < 1.29 is 57.4 Å². The number of hydrogen-bond acceptors (Lipinski definition) is 11. The molecule has 5 N–H and O–H groups in total. The number of phosphoric ester groups is 1. The number of fused-ring (bicyclic) bond motifs is 7. The highest BCUT2D eigenvalue weighted by molar-refractivity contribution is 7.47. The van der Waals surface area contributed by atoms with E-state index in [1.807, 2.05) is 0 Å². The van der Waals surface area contributed by atoms with Gasteiger partial charge < -0.3 is 24.6 Å². The maximum Gasteiger partial charge on any atom is 0.472 e. The van der Waals surface area contributed by atoms with Crippen LogP contribution in [0.15, 0.2) is 0 Å². The van der Waals surface area contributed by atoms with E-state index in [4.69, 9.17) is 18.5 Å². The molecule has 5 saturated heterocycles. The largest absolute Gasteiger partial charge is 0.472 e. The SMILES string of the molecule is C[C@]12C(=O)NC(=O)N3[C@H]1[C@@H]1N(C(=O)NC(=O)[C@@]12C)[C@H]1C[C@H](O)C(COP(=O)(O)O[C@H]2C[C@H]3OC2CO)O1. The van der Waals surface area contributed by atoms with Gasteiger partial charge in [-0.3, -0.25) is 39.1 Å². The molecule has 6 amide bonds. The standard InChI is InChI=1S/C20H27N4O12P/c1-19-13-14-20(19,2)16(28)22-18(30)24(14)12-4-8(9(5-25)34-12)36-37(31,32)33-6-10-7(26)3-11(35-10)23(13)17(29)21-15(19)27/h7-14,25-26H,3-6H2,1-2H3,(H,31,32)(H,21,27,29)(H,22,28,30)/t7-,8-,9?,10?,11+,12+,13-,14-,19+,20+/m0/s1. The summed E-state index contributed by atoms with van der Waals surface area (Å²) in [6.45, 7) is 1.84. The Hall–Kier alpha value is -2.17. The van der Waals surface area contributed by atoms with Gasteiger partial charge in [-0.25, -0.2) is 14.2 Å². The molecule has 1 saturated carbocycles. The first-order chi connectivity index (χ1) is 17.3. The van der Waals surface area contributed by atoms with E-state index in [9.17, 15) is 38.8 Å². The van der Waals surface area contributed by atoms with Gasteiger partial charge in [-0.1, -0.05) is 0 Å². The van der Waals surface area contributed by atoms with Crippen molar-refractivity contribution in [3.05, 3.63) is 0 Å². The number of amides is 6. The van der Waals surface area contributed by atoms with E-state index in [2.05, 4.69) is 10.6 Å². The Kier molecular flexibility index (Phi) is 5.38. The lowest BCUT2D eigenvalue weighted by Crippen LogP contribution is -2.92. The number of nitrogens with one attached hydrogen (secondary N) is 2. The lowest BCUT2D eigenvalue weighted by Gasteiger charge is -2.72. The van der Waals surface area contributed by atoms with Crippen LogP contribution in [0.3, 0.4) is 0 Å². The fourth-order valence-electron chi connectivity index (χ4n) is 6.76. The summed E-state index contributed by atoms with van der Waals surface area (Å²) in [5, 5.41) is 24.9. The summed E-state index contributed by atoms with van der Waals surface area (Å²) in [7, 11) is -4.74. The third-order valence-corrected chi connectivity index (χ3v) is 9.88. The van der Waals surface area contributed by atoms with Crippen molar-refractivity contribution in [2.45, 2.75) is 75.6 Å². The second kappa shape index (κ2) is 7.93. The Labute approximate surface area is 209 Å². The minimum atomic E-state index is -4.74. The maximum atomic E-state index is 13.2. The number of carbonyl (C=O) groups is 4. The number of nitrogens with zero attached hydrogens (tertiary/aromatic N) is 2. The minimum Gasteiger partial charge on any atom is -0.394 e. The number of carbonyl (C=O) groups excluding carboxylic acids is 4. The summed E-state index contributed by atoms with van der Waals surface area (Å²) in [4.78, 5) is 65.5. The van der Waals surface area contributed by atoms with E-state index in [0.29, 0.717) is 0 Å². The number of aliphatic hydroxyl groups excluding tert-OH is 2. The van der Waals surface area contributed by atoms with E-state index in [0.717, 1.165) is 0 Å². The molecule has 204 valence electrons. The van der Waals surface area contributed by atoms with E-state index in [1.165, 1.54) is 23.6 Å². The van der Waals surface area contributed by atoms with Crippen molar-refractivity contribution in [2.75, 3.05) is 13.2 Å². The fraction of sp³-hybridized carbons (Fsp3) is 0.800. The fourth-order valence-corrected chi connectivity index (χ4v) is 7.72. The molecule has 0 radical (unpaired) electrons. The zero-order valence-electron chi connectivity index (χ0n) is 19.8. The normalized spacial score (nSPS) is 51.2. The van der Waals surface area contributed by atoms with Gasteiger partial charge in [0, 0.05) is 12.8 Å². The van der Waals surface area contributed by atoms with Gasteiger partial charge in [0.05, 0.1) is 42.2 Å². The number of rotatable bonds is 1. The molecule has 0 aromatic heterocycles. The van der Waals surface area contributed by atoms with Crippen LogP contribution in [0, 0.1) is 10.8 Å². The van der Waals surface area contributed by atoms with Crippen LogP contribution in [-0.4, -0.2) is 111 Å². The highest BCUT2D eigenvalue weighted by atomic mass is 31.2. The molecule has 6 fully saturated rings. The van der Waals surface area contributed by atoms with E-state index < -0.39 is 105 Å². The van der Waals surface area contributed by atoms with Crippen LogP contribution in [0.25, 0.3) is 0 Å². The van der Waals surface area contributed by atoms with Crippen molar-refractivity contribution in [1.82, 2.24) is 20.4 Å². The Morgan fingerprint density at radius 1 is 0.946 bits per heavy atom. The molecule has 17 heteroatoms. The third kappa shape index (κ3) is 3.18. The number of hydrogen-bond donors (Lipinski definition) is 5. The van der Waals surface area contributed by atoms with Crippen LogP contribution in [0.1, 0.15) is 26.7 Å². The second-order valence-electron chi connectivity index (χ2n) is 10.5. The quantitative estimate of drug-likeness (QED) is 0.225. The van der Waals surface area contributed by atoms with Crippen LogP contribution < -0.4 is 10.6 Å². The highest BCUT2D eigenvalue weighted by Gasteiger charge is 2.82. The van der Waals surface area contributed by atoms with Gasteiger partial charge in [0.15, 0.2) is 0 Å². The van der Waals surface area contributed by atoms with Crippen molar-refractivity contribution >= 4 is 31.7 Å². The molecule has 5 heterocycles. The molecule has 1 aliphatic carbocycles. The van der Waals surface area contributed by atoms with Gasteiger partial charge in [0.1, 0.15) is 30.8 Å². The van der Waals surface area contributed by atoms with Gasteiger partial charge in [-0.2, -0.15) is 0 Å². The van der Waals surface area contributed by atoms with Crippen molar-refractivity contribution in [2.24, 2.45) is 10.8 Å². The molecule has 5 aliphatic heterocycles. The van der Waals surface area contributed by atoms with Crippen LogP contribution in [0.2, 0.25) is 0 Å². The van der Waals surface area contributed by atoms with Gasteiger partial charge in [-0.05, 0) is 13.8 Å². The zero-order valence-corrected chi connectivity index (χ0v) is 20.7. The average Bonchev–Trinajstić information content (AvgIpc) is 3.38. The Bertz CT molecular complexity index is 1140. The molecule has 37 heavy (non-hydrogen) atoms. The summed E-state index contributed by atoms with van der Waals surface area (Å²) in [6.07, 6.45) is -7.24. The Morgan fingerprint density at radius 2 is 1.49 bits per heavy atom. The van der Waals surface area contributed by atoms with E-state index >= 15 is 0 Å². The lowest BCUT2D eigenvalue weighted by atomic mass is 9.42. The van der Waals surface area contributed by atoms with Gasteiger partial charge in [-0.15, -0.1) is 0 Å². The van der Waals surface area contributed by atoms with Gasteiger partial charge >= 0.3 is 19.9 Å². The predicted octanol–water partition coefficient (Wildman–Crippen LogP) is -2.05. The molecule has 0 spiro atoms. The van der Waals surface area contributed by atoms with Crippen molar-refractivity contribution in [1.29, 1.82) is 0 Å². The highest BCUT2D eigenvalue weighted by Crippen LogP contribution is 2.64. The molecular weight excluding hydrogens is 519 g/mol. The lowest BCUT2D eigenvalue weighted by molar-refractivity contribution is -0.242. The summed E-state index contributed by atoms with van der Waals surface area (Å²) in [5.41, 5.74) is -3.02. The first-order valence-electron chi connectivity index (χ1n) is 11.9. The van der Waals surface area contributed by atoms with Crippen LogP contribution in [0.5, 0.6) is 0 Å². The minimum absolute atomic E-state index is 0.127. The first kappa shape index (κ1) is 25.1. The molecule has 4 bridgehead atoms. The third-order valence-electron chi connectivity index (χ3n) is 8.87. The summed E-state index contributed by atoms with van der Waals surface area (Å²) < 4.78 is 34.6. The molecular formula is C20H27N4O12P. The van der Waals surface area contributed by atoms with Crippen molar-refractivity contribution in [3.63, 3.8) is 0 Å². The number of phosphoric acid groups is 1. The second-order valence-corrected chi connectivity index (χ2v) is 11.9. The Morgan fingerprint density at radius 3 is 2.03 bits per heavy atom. The molecule has 6 rings (SSSR count). The molecule has 3 unspecified atom stereocenters. The topological polar surface area (TPSA) is 213 Å². The number of urea groups is 2. The zero-order chi connectivity index (χ0) is 26.7. The summed E-state index contributed by atoms with van der Waals surface area (Å²) in [6, 6.07) is -3.82. The molecule has 0 aromatic rings. The monoisotopic (exact) mass is 546 g/mol. The molecule has 0 aromatic carbocycles. The van der Waals surface area contributed by atoms with E-state index in [1.54, 1.807) is 0 Å². The van der Waals surface area contributed by atoms with Gasteiger partial charge in [0.25, 0.3) is 0 Å². The maximum absolute atomic E-state index is 13.2. The summed E-state index contributed by atoms with van der Waals surface area (Å²) in [5.74, 6) is -1.42. The number of ether oxygens (including phenoxy) is 2. The molecule has 11 atom stereocenters. The van der Waals surface area contributed by atoms with Crippen LogP contribution in [0.4, 0.5) is 9.59 Å². The van der Waals surface area contributed by atoms with Gasteiger partial charge in [0.2, 0.25) is 11.8 Å². The van der Waals surface area contributed by atoms with Crippen LogP contribution >= 0.6 is 7.82 Å². The first-order valence-corrected chi connectivity index (χ1v) is 13.4. The number of imide groups is 2. The number of aliphatic hydroxyl groups is 2. The van der Waals surface area contributed by atoms with Crippen LogP contribution in [-0.2, 0) is 32.7 Å².